The Morgan fingerprint density at radius 2 is 0.829 bits per heavy atom. The third-order valence-electron chi connectivity index (χ3n) is 6.41. The summed E-state index contributed by atoms with van der Waals surface area (Å²) >= 11 is 0. The fourth-order valence-corrected chi connectivity index (χ4v) is 4.47. The zero-order valence-electron chi connectivity index (χ0n) is 19.0. The summed E-state index contributed by atoms with van der Waals surface area (Å²) < 4.78 is 13.2. The van der Waals surface area contributed by atoms with Gasteiger partial charge >= 0.3 is 0 Å². The van der Waals surface area contributed by atoms with Gasteiger partial charge in [0.1, 0.15) is 5.82 Å². The van der Waals surface area contributed by atoms with E-state index in [2.05, 4.69) is 89.9 Å². The smallest absolute Gasteiger partial charge is 0.123 e. The fourth-order valence-electron chi connectivity index (χ4n) is 4.47. The summed E-state index contributed by atoms with van der Waals surface area (Å²) in [4.78, 5) is 4.44. The van der Waals surface area contributed by atoms with Crippen molar-refractivity contribution >= 4 is 10.8 Å². The predicted molar refractivity (Wildman–Crippen MR) is 143 cm³/mol. The summed E-state index contributed by atoms with van der Waals surface area (Å²) in [6.07, 6.45) is 1.82. The average Bonchev–Trinajstić information content (AvgIpc) is 2.94. The molecule has 6 aromatic rings. The van der Waals surface area contributed by atoms with E-state index in [9.17, 15) is 4.39 Å². The monoisotopic (exact) mass is 451 g/mol. The van der Waals surface area contributed by atoms with Gasteiger partial charge in [-0.3, -0.25) is 4.98 Å². The largest absolute Gasteiger partial charge is 0.256 e. The van der Waals surface area contributed by atoms with E-state index >= 15 is 0 Å². The Kier molecular flexibility index (Phi) is 5.40. The second kappa shape index (κ2) is 9.00. The van der Waals surface area contributed by atoms with Gasteiger partial charge in [0.25, 0.3) is 0 Å². The van der Waals surface area contributed by atoms with Crippen molar-refractivity contribution in [2.75, 3.05) is 0 Å². The van der Waals surface area contributed by atoms with E-state index in [1.165, 1.54) is 39.6 Å². The van der Waals surface area contributed by atoms with E-state index in [1.807, 2.05) is 36.5 Å². The molecule has 0 aliphatic rings. The lowest BCUT2D eigenvalue weighted by atomic mass is 9.96. The van der Waals surface area contributed by atoms with Crippen molar-refractivity contribution in [3.63, 3.8) is 0 Å². The third-order valence-corrected chi connectivity index (χ3v) is 6.41. The summed E-state index contributed by atoms with van der Waals surface area (Å²) in [6.45, 7) is 0. The van der Waals surface area contributed by atoms with E-state index in [4.69, 9.17) is 0 Å². The van der Waals surface area contributed by atoms with Crippen molar-refractivity contribution in [1.82, 2.24) is 4.98 Å². The van der Waals surface area contributed by atoms with Gasteiger partial charge in [-0.2, -0.15) is 0 Å². The van der Waals surface area contributed by atoms with Crippen LogP contribution in [0.15, 0.2) is 134 Å². The first-order valence-corrected chi connectivity index (χ1v) is 11.6. The molecule has 0 atom stereocenters. The maximum atomic E-state index is 13.2. The first kappa shape index (κ1) is 21.0. The Balaban J connectivity index is 1.26. The second-order valence-corrected chi connectivity index (χ2v) is 8.65. The molecule has 5 aromatic carbocycles. The Morgan fingerprint density at radius 1 is 0.400 bits per heavy atom. The lowest BCUT2D eigenvalue weighted by Crippen LogP contribution is -1.84. The minimum atomic E-state index is -0.216. The summed E-state index contributed by atoms with van der Waals surface area (Å²) in [5.41, 5.74) is 8.90. The normalized spacial score (nSPS) is 11.0. The van der Waals surface area contributed by atoms with Crippen LogP contribution < -0.4 is 0 Å². The van der Waals surface area contributed by atoms with Crippen molar-refractivity contribution in [2.45, 2.75) is 0 Å². The van der Waals surface area contributed by atoms with Crippen LogP contribution >= 0.6 is 0 Å². The van der Waals surface area contributed by atoms with Crippen LogP contribution in [-0.2, 0) is 0 Å². The maximum absolute atomic E-state index is 13.2. The number of aromatic nitrogens is 1. The summed E-state index contributed by atoms with van der Waals surface area (Å²) in [5, 5.41) is 2.42. The number of pyridine rings is 1. The first-order valence-electron chi connectivity index (χ1n) is 11.6. The minimum Gasteiger partial charge on any atom is -0.256 e. The van der Waals surface area contributed by atoms with E-state index in [-0.39, 0.29) is 5.82 Å². The molecule has 1 heterocycles. The van der Waals surface area contributed by atoms with Crippen molar-refractivity contribution in [2.24, 2.45) is 0 Å². The number of benzene rings is 5. The van der Waals surface area contributed by atoms with Gasteiger partial charge in [0.2, 0.25) is 0 Å². The van der Waals surface area contributed by atoms with Crippen LogP contribution in [0.5, 0.6) is 0 Å². The van der Waals surface area contributed by atoms with Crippen LogP contribution in [0.2, 0.25) is 0 Å². The Bertz CT molecular complexity index is 1600. The number of fused-ring (bicyclic) bond motifs is 1. The van der Waals surface area contributed by atoms with Crippen LogP contribution in [0, 0.1) is 5.82 Å². The van der Waals surface area contributed by atoms with Crippen LogP contribution in [0.4, 0.5) is 4.39 Å². The van der Waals surface area contributed by atoms with Gasteiger partial charge < -0.3 is 0 Å². The predicted octanol–water partition coefficient (Wildman–Crippen LogP) is 9.04. The van der Waals surface area contributed by atoms with Crippen LogP contribution in [0.25, 0.3) is 55.4 Å². The minimum absolute atomic E-state index is 0.216. The summed E-state index contributed by atoms with van der Waals surface area (Å²) in [7, 11) is 0. The van der Waals surface area contributed by atoms with Crippen molar-refractivity contribution in [1.29, 1.82) is 0 Å². The van der Waals surface area contributed by atoms with Crippen LogP contribution in [0.1, 0.15) is 0 Å². The molecule has 0 bridgehead atoms. The average molecular weight is 452 g/mol. The lowest BCUT2D eigenvalue weighted by Gasteiger charge is -2.09. The highest BCUT2D eigenvalue weighted by Gasteiger charge is 2.05. The van der Waals surface area contributed by atoms with Crippen molar-refractivity contribution < 1.29 is 4.39 Å². The van der Waals surface area contributed by atoms with Crippen molar-refractivity contribution in [3.05, 3.63) is 139 Å². The molecule has 0 unspecified atom stereocenters. The topological polar surface area (TPSA) is 12.9 Å². The standard InChI is InChI=1S/C33H22FN/c34-32-18-16-24(17-19-32)23-4-6-25(7-5-23)28-12-14-31-22-29(13-15-30(31)21-28)26-8-10-27(11-9-26)33-3-1-2-20-35-33/h1-22H. The molecule has 35 heavy (non-hydrogen) atoms. The van der Waals surface area contributed by atoms with E-state index in [0.29, 0.717) is 0 Å². The van der Waals surface area contributed by atoms with Gasteiger partial charge in [-0.1, -0.05) is 91.0 Å². The molecule has 166 valence electrons. The fraction of sp³-hybridized carbons (Fsp3) is 0. The van der Waals surface area contributed by atoms with Crippen molar-refractivity contribution in [3.8, 4) is 44.6 Å². The molecule has 0 fully saturated rings. The van der Waals surface area contributed by atoms with Gasteiger partial charge in [0.05, 0.1) is 5.69 Å². The van der Waals surface area contributed by atoms with Gasteiger partial charge in [0, 0.05) is 11.8 Å². The molecule has 0 N–H and O–H groups in total. The van der Waals surface area contributed by atoms with E-state index in [1.54, 1.807) is 0 Å². The molecule has 0 saturated carbocycles. The zero-order valence-corrected chi connectivity index (χ0v) is 19.0. The molecule has 0 saturated heterocycles. The Labute approximate surface area is 204 Å². The van der Waals surface area contributed by atoms with Gasteiger partial charge in [-0.25, -0.2) is 4.39 Å². The van der Waals surface area contributed by atoms with Gasteiger partial charge in [-0.05, 0) is 80.6 Å². The van der Waals surface area contributed by atoms with Gasteiger partial charge in [0.15, 0.2) is 0 Å². The maximum Gasteiger partial charge on any atom is 0.123 e. The summed E-state index contributed by atoms with van der Waals surface area (Å²) in [5.74, 6) is -0.216. The molecule has 6 rings (SSSR count). The number of nitrogens with zero attached hydrogens (tertiary/aromatic N) is 1. The number of hydrogen-bond donors (Lipinski definition) is 0. The molecule has 1 aromatic heterocycles. The highest BCUT2D eigenvalue weighted by molar-refractivity contribution is 5.91. The molecule has 0 amide bonds. The molecule has 2 heteroatoms. The second-order valence-electron chi connectivity index (χ2n) is 8.65. The molecule has 0 spiro atoms. The first-order chi connectivity index (χ1) is 17.2. The molecular weight excluding hydrogens is 429 g/mol. The summed E-state index contributed by atoms with van der Waals surface area (Å²) in [6, 6.07) is 42.8. The Hall–Kier alpha value is -4.56. The third kappa shape index (κ3) is 4.34. The molecule has 0 aliphatic heterocycles. The van der Waals surface area contributed by atoms with E-state index < -0.39 is 0 Å². The van der Waals surface area contributed by atoms with E-state index in [0.717, 1.165) is 27.9 Å². The SMILES string of the molecule is Fc1ccc(-c2ccc(-c3ccc4cc(-c5ccc(-c6ccccn6)cc5)ccc4c3)cc2)cc1. The highest BCUT2D eigenvalue weighted by Crippen LogP contribution is 2.31. The molecule has 0 aliphatic carbocycles. The van der Waals surface area contributed by atoms with Gasteiger partial charge in [-0.15, -0.1) is 0 Å². The molecule has 0 radical (unpaired) electrons. The highest BCUT2D eigenvalue weighted by atomic mass is 19.1. The molecular formula is C33H22FN. The number of hydrogen-bond acceptors (Lipinski definition) is 1. The lowest BCUT2D eigenvalue weighted by molar-refractivity contribution is 0.628. The van der Waals surface area contributed by atoms with Crippen LogP contribution in [-0.4, -0.2) is 4.98 Å². The number of rotatable bonds is 4. The molecule has 1 nitrogen and oxygen atoms in total. The van der Waals surface area contributed by atoms with Crippen LogP contribution in [0.3, 0.4) is 0 Å². The Morgan fingerprint density at radius 3 is 1.31 bits per heavy atom. The number of halogens is 1. The zero-order chi connectivity index (χ0) is 23.6. The quantitative estimate of drug-likeness (QED) is 0.260.